The van der Waals surface area contributed by atoms with Gasteiger partial charge in [0.05, 0.1) is 18.3 Å². The van der Waals surface area contributed by atoms with E-state index in [1.165, 1.54) is 24.8 Å². The van der Waals surface area contributed by atoms with E-state index in [1.54, 1.807) is 55.6 Å². The Morgan fingerprint density at radius 2 is 1.71 bits per heavy atom. The second-order valence-electron chi connectivity index (χ2n) is 6.96. The Balaban J connectivity index is 1.80. The van der Waals surface area contributed by atoms with E-state index in [4.69, 9.17) is 0 Å². The molecule has 0 aromatic heterocycles. The van der Waals surface area contributed by atoms with Crippen LogP contribution in [0.25, 0.3) is 0 Å². The molecule has 1 heterocycles. The number of anilines is 1. The molecule has 3 rings (SSSR count). The molecule has 1 unspecified atom stereocenters. The number of nitrogens with zero attached hydrogens (tertiary/aromatic N) is 2. The molecule has 160 valence electrons. The number of urea groups is 1. The molecular weight excluding hydrogens is 418 g/mol. The Hall–Kier alpha value is -3.46. The third-order valence-corrected chi connectivity index (χ3v) is 5.67. The molecule has 8 nitrogen and oxygen atoms in total. The van der Waals surface area contributed by atoms with Gasteiger partial charge in [-0.1, -0.05) is 30.3 Å². The van der Waals surface area contributed by atoms with Crippen LogP contribution in [0, 0.1) is 0 Å². The molecule has 0 aliphatic carbocycles. The number of benzene rings is 2. The zero-order valence-electron chi connectivity index (χ0n) is 17.2. The van der Waals surface area contributed by atoms with E-state index in [1.807, 2.05) is 0 Å². The van der Waals surface area contributed by atoms with Crippen LogP contribution in [0.5, 0.6) is 0 Å². The Labute approximate surface area is 183 Å². The molecule has 1 saturated heterocycles. The minimum Gasteiger partial charge on any atom is -0.325 e. The number of hydrogen-bond donors (Lipinski definition) is 1. The number of amides is 5. The van der Waals surface area contributed by atoms with E-state index >= 15 is 0 Å². The molecule has 1 N–H and O–H groups in total. The number of hydrogen-bond acceptors (Lipinski definition) is 6. The van der Waals surface area contributed by atoms with Crippen LogP contribution in [0.3, 0.4) is 0 Å². The molecule has 1 aliphatic rings. The van der Waals surface area contributed by atoms with Crippen molar-refractivity contribution in [3.8, 4) is 0 Å². The van der Waals surface area contributed by atoms with Crippen molar-refractivity contribution in [2.24, 2.45) is 0 Å². The number of carbonyl (C=O) groups is 5. The van der Waals surface area contributed by atoms with Gasteiger partial charge in [-0.15, -0.1) is 11.8 Å². The highest BCUT2D eigenvalue weighted by atomic mass is 32.2. The smallest absolute Gasteiger partial charge is 0.325 e. The summed E-state index contributed by atoms with van der Waals surface area (Å²) in [5, 5.41) is 2.68. The van der Waals surface area contributed by atoms with Crippen LogP contribution in [0.4, 0.5) is 10.5 Å². The molecule has 2 aromatic carbocycles. The number of imide groups is 2. The highest BCUT2D eigenvalue weighted by Crippen LogP contribution is 2.28. The summed E-state index contributed by atoms with van der Waals surface area (Å²) in [6.07, 6.45) is 1.80. The number of carbonyl (C=O) groups excluding carboxylic acids is 5. The summed E-state index contributed by atoms with van der Waals surface area (Å²) in [7, 11) is 0. The highest BCUT2D eigenvalue weighted by Gasteiger charge is 2.47. The second kappa shape index (κ2) is 9.13. The van der Waals surface area contributed by atoms with E-state index in [-0.39, 0.29) is 11.5 Å². The van der Waals surface area contributed by atoms with Crippen molar-refractivity contribution in [3.63, 3.8) is 0 Å². The van der Waals surface area contributed by atoms with Gasteiger partial charge in [-0.25, -0.2) is 14.6 Å². The van der Waals surface area contributed by atoms with Gasteiger partial charge in [-0.05, 0) is 36.9 Å². The van der Waals surface area contributed by atoms with Gasteiger partial charge in [0, 0.05) is 17.4 Å². The Kier molecular flexibility index (Phi) is 6.55. The summed E-state index contributed by atoms with van der Waals surface area (Å²) in [4.78, 5) is 64.0. The number of Topliss-reactive ketones (excluding diaryl/α,β-unsaturated/α-hetero) is 1. The molecule has 9 heteroatoms. The first-order valence-electron chi connectivity index (χ1n) is 9.47. The zero-order chi connectivity index (χ0) is 22.7. The van der Waals surface area contributed by atoms with E-state index in [2.05, 4.69) is 5.32 Å². The van der Waals surface area contributed by atoms with Crippen LogP contribution in [0.2, 0.25) is 0 Å². The summed E-state index contributed by atoms with van der Waals surface area (Å²) in [6, 6.07) is 12.1. The van der Waals surface area contributed by atoms with Gasteiger partial charge in [0.2, 0.25) is 5.91 Å². The van der Waals surface area contributed by atoms with E-state index in [9.17, 15) is 24.0 Å². The molecule has 5 amide bonds. The molecule has 1 atom stereocenters. The van der Waals surface area contributed by atoms with E-state index < -0.39 is 36.2 Å². The van der Waals surface area contributed by atoms with E-state index in [0.717, 1.165) is 4.90 Å². The fraction of sp³-hybridized carbons (Fsp3) is 0.227. The van der Waals surface area contributed by atoms with Crippen LogP contribution in [-0.2, 0) is 14.4 Å². The minimum absolute atomic E-state index is 0.242. The topological polar surface area (TPSA) is 104 Å². The summed E-state index contributed by atoms with van der Waals surface area (Å²) < 4.78 is 0. The van der Waals surface area contributed by atoms with Gasteiger partial charge in [0.25, 0.3) is 0 Å². The molecule has 0 saturated carbocycles. The van der Waals surface area contributed by atoms with Crippen molar-refractivity contribution in [1.29, 1.82) is 0 Å². The van der Waals surface area contributed by atoms with Crippen LogP contribution in [0.15, 0.2) is 53.4 Å². The quantitative estimate of drug-likeness (QED) is 0.308. The molecule has 31 heavy (non-hydrogen) atoms. The van der Waals surface area contributed by atoms with Crippen LogP contribution < -0.4 is 5.32 Å². The first-order chi connectivity index (χ1) is 14.7. The Morgan fingerprint density at radius 1 is 1.03 bits per heavy atom. The van der Waals surface area contributed by atoms with Crippen LogP contribution >= 0.6 is 11.8 Å². The molecular formula is C22H21N3O5S. The molecule has 0 spiro atoms. The van der Waals surface area contributed by atoms with Crippen molar-refractivity contribution in [3.05, 3.63) is 59.7 Å². The third kappa shape index (κ3) is 4.51. The van der Waals surface area contributed by atoms with Gasteiger partial charge in [-0.3, -0.25) is 19.2 Å². The van der Waals surface area contributed by atoms with Gasteiger partial charge in [-0.2, -0.15) is 0 Å². The van der Waals surface area contributed by atoms with Crippen LogP contribution in [-0.4, -0.2) is 52.1 Å². The van der Waals surface area contributed by atoms with E-state index in [0.29, 0.717) is 21.0 Å². The second-order valence-corrected chi connectivity index (χ2v) is 7.80. The molecule has 0 radical (unpaired) electrons. The maximum atomic E-state index is 12.8. The number of rotatable bonds is 7. The monoisotopic (exact) mass is 439 g/mol. The van der Waals surface area contributed by atoms with Crippen molar-refractivity contribution in [2.45, 2.75) is 24.8 Å². The summed E-state index contributed by atoms with van der Waals surface area (Å²) in [5.74, 6) is -2.72. The first kappa shape index (κ1) is 22.2. The fourth-order valence-electron chi connectivity index (χ4n) is 3.28. The first-order valence-corrected chi connectivity index (χ1v) is 10.7. The average molecular weight is 439 g/mol. The lowest BCUT2D eigenvalue weighted by Crippen LogP contribution is -2.37. The summed E-state index contributed by atoms with van der Waals surface area (Å²) in [5.41, 5.74) is 1.52. The zero-order valence-corrected chi connectivity index (χ0v) is 18.1. The molecule has 1 aliphatic heterocycles. The largest absolute Gasteiger partial charge is 0.335 e. The van der Waals surface area contributed by atoms with Gasteiger partial charge in [0.15, 0.2) is 5.78 Å². The maximum absolute atomic E-state index is 12.8. The summed E-state index contributed by atoms with van der Waals surface area (Å²) in [6.45, 7) is 2.48. The normalized spacial score (nSPS) is 14.7. The average Bonchev–Trinajstić information content (AvgIpc) is 2.96. The van der Waals surface area contributed by atoms with Gasteiger partial charge < -0.3 is 5.32 Å². The number of thioether (sulfide) groups is 1. The number of nitrogens with one attached hydrogen (secondary N) is 1. The minimum atomic E-state index is -1.03. The predicted molar refractivity (Wildman–Crippen MR) is 116 cm³/mol. The summed E-state index contributed by atoms with van der Waals surface area (Å²) >= 11 is 1.34. The highest BCUT2D eigenvalue weighted by molar-refractivity contribution is 7.98. The van der Waals surface area contributed by atoms with Gasteiger partial charge in [0.1, 0.15) is 0 Å². The lowest BCUT2D eigenvalue weighted by atomic mass is 10.1. The lowest BCUT2D eigenvalue weighted by molar-refractivity contribution is -0.143. The molecule has 1 fully saturated rings. The Morgan fingerprint density at radius 3 is 2.32 bits per heavy atom. The van der Waals surface area contributed by atoms with Crippen LogP contribution in [0.1, 0.15) is 35.8 Å². The fourth-order valence-corrected chi connectivity index (χ4v) is 3.86. The lowest BCUT2D eigenvalue weighted by Gasteiger charge is -2.22. The Bertz CT molecular complexity index is 1070. The SMILES string of the molecule is CSc1cc(C(=O)CN2C(=O)C(=O)N(C(C)c3ccccc3)C2=O)ccc1NC(C)=O. The molecule has 2 aromatic rings. The van der Waals surface area contributed by atoms with Crippen molar-refractivity contribution >= 4 is 47.0 Å². The van der Waals surface area contributed by atoms with Crippen molar-refractivity contribution in [1.82, 2.24) is 9.80 Å². The predicted octanol–water partition coefficient (Wildman–Crippen LogP) is 3.10. The third-order valence-electron chi connectivity index (χ3n) is 4.89. The van der Waals surface area contributed by atoms with Gasteiger partial charge >= 0.3 is 17.8 Å². The maximum Gasteiger partial charge on any atom is 0.335 e. The van der Waals surface area contributed by atoms with Crippen molar-refractivity contribution < 1.29 is 24.0 Å². The molecule has 0 bridgehead atoms. The standard InChI is InChI=1S/C22H21N3O5S/c1-13(15-7-5-4-6-8-15)25-21(29)20(28)24(22(25)30)12-18(27)16-9-10-17(23-14(2)26)19(11-16)31-3/h4-11,13H,12H2,1-3H3,(H,23,26). The number of ketones is 1. The van der Waals surface area contributed by atoms with Crippen molar-refractivity contribution in [2.75, 3.05) is 18.1 Å².